The van der Waals surface area contributed by atoms with Crippen molar-refractivity contribution in [2.24, 2.45) is 4.99 Å². The van der Waals surface area contributed by atoms with Gasteiger partial charge in [0.15, 0.2) is 0 Å². The van der Waals surface area contributed by atoms with Crippen molar-refractivity contribution < 1.29 is 4.74 Å². The van der Waals surface area contributed by atoms with Crippen molar-refractivity contribution in [2.45, 2.75) is 13.8 Å². The zero-order valence-corrected chi connectivity index (χ0v) is 6.22. The lowest BCUT2D eigenvalue weighted by atomic mass is 10.4. The Morgan fingerprint density at radius 1 is 1.67 bits per heavy atom. The van der Waals surface area contributed by atoms with Gasteiger partial charge in [0.2, 0.25) is 0 Å². The maximum atomic E-state index is 4.99. The van der Waals surface area contributed by atoms with Gasteiger partial charge in [0.1, 0.15) is 0 Å². The van der Waals surface area contributed by atoms with Crippen LogP contribution in [0.3, 0.4) is 0 Å². The summed E-state index contributed by atoms with van der Waals surface area (Å²) in [6.45, 7) is 4.62. The molecular formula is C7H13NO. The normalized spacial score (nSPS) is 12.6. The minimum atomic E-state index is 0.717. The quantitative estimate of drug-likeness (QED) is 0.417. The Balaban J connectivity index is 3.55. The lowest BCUT2D eigenvalue weighted by molar-refractivity contribution is 0.267. The van der Waals surface area contributed by atoms with Crippen molar-refractivity contribution in [2.75, 3.05) is 13.7 Å². The fourth-order valence-electron chi connectivity index (χ4n) is 0.449. The highest BCUT2D eigenvalue weighted by molar-refractivity contribution is 5.76. The molecule has 0 amide bonds. The lowest BCUT2D eigenvalue weighted by Gasteiger charge is -1.93. The van der Waals surface area contributed by atoms with Crippen LogP contribution in [0.2, 0.25) is 0 Å². The summed E-state index contributed by atoms with van der Waals surface area (Å²) in [5.41, 5.74) is 1.04. The first kappa shape index (κ1) is 8.21. The molecule has 0 N–H and O–H groups in total. The summed E-state index contributed by atoms with van der Waals surface area (Å²) in [5, 5.41) is 0. The number of nitrogens with zero attached hydrogens (tertiary/aromatic N) is 1. The van der Waals surface area contributed by atoms with Gasteiger partial charge in [-0.25, -0.2) is 0 Å². The number of rotatable bonds is 3. The summed E-state index contributed by atoms with van der Waals surface area (Å²) in [5.74, 6) is 0. The van der Waals surface area contributed by atoms with Gasteiger partial charge in [0, 0.05) is 18.8 Å². The summed E-state index contributed by atoms with van der Waals surface area (Å²) in [7, 11) is 1.74. The highest BCUT2D eigenvalue weighted by atomic mass is 16.5. The Hall–Kier alpha value is -0.790. The Kier molecular flexibility index (Phi) is 4.88. The summed E-state index contributed by atoms with van der Waals surface area (Å²) in [6, 6.07) is 0. The molecule has 0 atom stereocenters. The van der Waals surface area contributed by atoms with Crippen LogP contribution in [-0.2, 0) is 4.74 Å². The predicted molar refractivity (Wildman–Crippen MR) is 39.8 cm³/mol. The summed E-state index contributed by atoms with van der Waals surface area (Å²) >= 11 is 0. The molecule has 0 aliphatic rings. The summed E-state index contributed by atoms with van der Waals surface area (Å²) < 4.78 is 4.99. The maximum Gasteiger partial charge on any atom is 0.0873 e. The molecule has 0 saturated carbocycles. The monoisotopic (exact) mass is 127 g/mol. The third-order valence-electron chi connectivity index (χ3n) is 0.769. The molecule has 0 aromatic carbocycles. The van der Waals surface area contributed by atoms with Gasteiger partial charge in [-0.15, -0.1) is 0 Å². The van der Waals surface area contributed by atoms with Crippen molar-refractivity contribution in [3.63, 3.8) is 0 Å². The van der Waals surface area contributed by atoms with Gasteiger partial charge in [-0.1, -0.05) is 0 Å². The smallest absolute Gasteiger partial charge is 0.0873 e. The summed E-state index contributed by atoms with van der Waals surface area (Å²) in [6.07, 6.45) is 3.46. The highest BCUT2D eigenvalue weighted by Gasteiger charge is 1.78. The minimum absolute atomic E-state index is 0.717. The second kappa shape index (κ2) is 5.35. The van der Waals surface area contributed by atoms with Gasteiger partial charge in [-0.3, -0.25) is 4.99 Å². The van der Waals surface area contributed by atoms with Gasteiger partial charge in [-0.2, -0.15) is 0 Å². The van der Waals surface area contributed by atoms with Gasteiger partial charge in [0.05, 0.1) is 12.9 Å². The van der Waals surface area contributed by atoms with Crippen LogP contribution in [0.4, 0.5) is 0 Å². The molecule has 0 aromatic heterocycles. The van der Waals surface area contributed by atoms with Gasteiger partial charge in [0.25, 0.3) is 0 Å². The number of aliphatic imine (C=N–C) groups is 1. The average molecular weight is 127 g/mol. The van der Waals surface area contributed by atoms with Crippen molar-refractivity contribution >= 4 is 6.21 Å². The average Bonchev–Trinajstić information content (AvgIpc) is 1.85. The Morgan fingerprint density at radius 2 is 2.33 bits per heavy atom. The van der Waals surface area contributed by atoms with E-state index in [9.17, 15) is 0 Å². The lowest BCUT2D eigenvalue weighted by Crippen LogP contribution is -1.82. The molecular weight excluding hydrogens is 114 g/mol. The van der Waals surface area contributed by atoms with Crippen molar-refractivity contribution in [1.29, 1.82) is 0 Å². The fourth-order valence-corrected chi connectivity index (χ4v) is 0.449. The van der Waals surface area contributed by atoms with Gasteiger partial charge >= 0.3 is 0 Å². The van der Waals surface area contributed by atoms with E-state index in [1.165, 1.54) is 0 Å². The number of hydrogen-bond donors (Lipinski definition) is 0. The van der Waals surface area contributed by atoms with Crippen molar-refractivity contribution in [3.8, 4) is 0 Å². The molecule has 0 radical (unpaired) electrons. The molecule has 0 aliphatic heterocycles. The second-order valence-electron chi connectivity index (χ2n) is 1.70. The van der Waals surface area contributed by atoms with Crippen molar-refractivity contribution in [3.05, 3.63) is 11.8 Å². The van der Waals surface area contributed by atoms with E-state index in [-0.39, 0.29) is 0 Å². The Bertz CT molecular complexity index is 116. The molecule has 2 heteroatoms. The van der Waals surface area contributed by atoms with E-state index in [1.54, 1.807) is 19.5 Å². The molecule has 0 spiro atoms. The minimum Gasteiger partial charge on any atom is -0.501 e. The van der Waals surface area contributed by atoms with Crippen LogP contribution in [0.15, 0.2) is 16.8 Å². The van der Waals surface area contributed by atoms with Crippen LogP contribution in [0, 0.1) is 0 Å². The maximum absolute atomic E-state index is 4.99. The largest absolute Gasteiger partial charge is 0.501 e. The van der Waals surface area contributed by atoms with E-state index in [1.807, 2.05) is 13.8 Å². The molecule has 0 rings (SSSR count). The van der Waals surface area contributed by atoms with E-state index >= 15 is 0 Å². The summed E-state index contributed by atoms with van der Waals surface area (Å²) in [4.78, 5) is 3.82. The van der Waals surface area contributed by atoms with E-state index in [0.717, 1.165) is 12.2 Å². The predicted octanol–water partition coefficient (Wildman–Crippen LogP) is 1.63. The molecule has 9 heavy (non-hydrogen) atoms. The number of allylic oxidation sites excluding steroid dienone is 1. The molecule has 0 aliphatic carbocycles. The van der Waals surface area contributed by atoms with E-state index in [0.29, 0.717) is 0 Å². The van der Waals surface area contributed by atoms with E-state index < -0.39 is 0 Å². The molecule has 0 saturated heterocycles. The molecule has 0 aromatic rings. The zero-order chi connectivity index (χ0) is 7.11. The Labute approximate surface area is 56.2 Å². The fraction of sp³-hybridized carbons (Fsp3) is 0.571. The topological polar surface area (TPSA) is 21.6 Å². The van der Waals surface area contributed by atoms with Crippen LogP contribution < -0.4 is 0 Å². The first-order valence-corrected chi connectivity index (χ1v) is 3.01. The van der Waals surface area contributed by atoms with E-state index in [2.05, 4.69) is 4.99 Å². The Morgan fingerprint density at radius 3 is 2.78 bits per heavy atom. The highest BCUT2D eigenvalue weighted by Crippen LogP contribution is 1.87. The second-order valence-corrected chi connectivity index (χ2v) is 1.70. The number of hydrogen-bond acceptors (Lipinski definition) is 2. The van der Waals surface area contributed by atoms with Gasteiger partial charge in [-0.05, 0) is 13.8 Å². The third kappa shape index (κ3) is 5.07. The first-order valence-electron chi connectivity index (χ1n) is 3.01. The number of ether oxygens (including phenoxy) is 1. The molecule has 52 valence electrons. The molecule has 2 nitrogen and oxygen atoms in total. The zero-order valence-electron chi connectivity index (χ0n) is 6.22. The molecule has 0 fully saturated rings. The van der Waals surface area contributed by atoms with Crippen LogP contribution in [0.5, 0.6) is 0 Å². The van der Waals surface area contributed by atoms with Crippen LogP contribution in [0.1, 0.15) is 13.8 Å². The molecule has 0 heterocycles. The van der Waals surface area contributed by atoms with Gasteiger partial charge < -0.3 is 4.74 Å². The van der Waals surface area contributed by atoms with Crippen molar-refractivity contribution in [1.82, 2.24) is 0 Å². The first-order chi connectivity index (χ1) is 4.31. The van der Waals surface area contributed by atoms with Crippen LogP contribution >= 0.6 is 0 Å². The standard InChI is InChI=1S/C7H13NO/c1-4-9-6-7(2)5-8-3/h5-6H,4H2,1-3H3/b7-6+,8-5?. The third-order valence-corrected chi connectivity index (χ3v) is 0.769. The molecule has 0 bridgehead atoms. The van der Waals surface area contributed by atoms with Crippen LogP contribution in [0.25, 0.3) is 0 Å². The SMILES string of the molecule is CCO/C=C(\C)C=NC. The molecule has 0 unspecified atom stereocenters. The van der Waals surface area contributed by atoms with E-state index in [4.69, 9.17) is 4.74 Å². The van der Waals surface area contributed by atoms with Crippen LogP contribution in [-0.4, -0.2) is 19.9 Å².